The van der Waals surface area contributed by atoms with Gasteiger partial charge in [-0.2, -0.15) is 13.2 Å². The van der Waals surface area contributed by atoms with Gasteiger partial charge in [0.15, 0.2) is 0 Å². The minimum atomic E-state index is -5.08. The maximum atomic E-state index is 12.5. The Hall–Kier alpha value is -2.96. The third-order valence-electron chi connectivity index (χ3n) is 5.55. The van der Waals surface area contributed by atoms with Crippen LogP contribution in [0.15, 0.2) is 36.7 Å². The molecule has 9 nitrogen and oxygen atoms in total. The summed E-state index contributed by atoms with van der Waals surface area (Å²) >= 11 is 0. The molecule has 2 aliphatic heterocycles. The number of anilines is 1. The highest BCUT2D eigenvalue weighted by Crippen LogP contribution is 2.28. The number of morpholine rings is 1. The number of hydrogen-bond acceptors (Lipinski definition) is 6. The molecule has 34 heavy (non-hydrogen) atoms. The Balaban J connectivity index is 0.000000406. The molecule has 1 N–H and O–H groups in total. The second-order valence-electron chi connectivity index (χ2n) is 8.31. The zero-order valence-electron chi connectivity index (χ0n) is 18.9. The van der Waals surface area contributed by atoms with Crippen LogP contribution < -0.4 is 4.90 Å². The van der Waals surface area contributed by atoms with Gasteiger partial charge >= 0.3 is 12.1 Å². The van der Waals surface area contributed by atoms with Crippen LogP contribution in [0.4, 0.5) is 18.9 Å². The van der Waals surface area contributed by atoms with E-state index in [4.69, 9.17) is 19.4 Å². The highest BCUT2D eigenvalue weighted by atomic mass is 19.4. The molecule has 2 aromatic rings. The molecule has 1 amide bonds. The Morgan fingerprint density at radius 3 is 2.50 bits per heavy atom. The van der Waals surface area contributed by atoms with E-state index < -0.39 is 17.7 Å². The Labute approximate surface area is 194 Å². The molecule has 2 aliphatic rings. The van der Waals surface area contributed by atoms with E-state index in [2.05, 4.69) is 9.88 Å². The fraction of sp³-hybridized carbons (Fsp3) is 0.500. The first-order chi connectivity index (χ1) is 16.0. The first-order valence-electron chi connectivity index (χ1n) is 10.6. The van der Waals surface area contributed by atoms with Crippen molar-refractivity contribution in [3.63, 3.8) is 0 Å². The van der Waals surface area contributed by atoms with Crippen molar-refractivity contribution in [2.24, 2.45) is 7.05 Å². The topological polar surface area (TPSA) is 97.1 Å². The van der Waals surface area contributed by atoms with E-state index in [9.17, 15) is 18.0 Å². The van der Waals surface area contributed by atoms with Gasteiger partial charge in [-0.05, 0) is 19.1 Å². The molecule has 1 spiro atoms. The van der Waals surface area contributed by atoms with E-state index in [-0.39, 0.29) is 12.5 Å². The van der Waals surface area contributed by atoms with Crippen LogP contribution in [0.3, 0.4) is 0 Å². The zero-order valence-corrected chi connectivity index (χ0v) is 18.9. The van der Waals surface area contributed by atoms with E-state index in [1.165, 1.54) is 5.56 Å². The number of ether oxygens (including phenoxy) is 2. The van der Waals surface area contributed by atoms with Gasteiger partial charge in [-0.15, -0.1) is 0 Å². The van der Waals surface area contributed by atoms with Crippen molar-refractivity contribution >= 4 is 17.6 Å². The summed E-state index contributed by atoms with van der Waals surface area (Å²) in [5.74, 6) is -1.76. The lowest BCUT2D eigenvalue weighted by atomic mass is 10.0. The highest BCUT2D eigenvalue weighted by Gasteiger charge is 2.43. The lowest BCUT2D eigenvalue weighted by Gasteiger charge is -2.43. The molecule has 4 rings (SSSR count). The molecule has 1 unspecified atom stereocenters. The number of hydrogen-bond donors (Lipinski definition) is 1. The van der Waals surface area contributed by atoms with E-state index in [0.29, 0.717) is 26.3 Å². The van der Waals surface area contributed by atoms with Crippen molar-refractivity contribution < 1.29 is 37.3 Å². The molecule has 0 bridgehead atoms. The molecule has 12 heteroatoms. The highest BCUT2D eigenvalue weighted by molar-refractivity contribution is 5.95. The van der Waals surface area contributed by atoms with Crippen molar-refractivity contribution in [3.8, 4) is 0 Å². The second kappa shape index (κ2) is 10.5. The number of imidazole rings is 1. The summed E-state index contributed by atoms with van der Waals surface area (Å²) in [6.45, 7) is 6.00. The zero-order chi connectivity index (χ0) is 24.9. The van der Waals surface area contributed by atoms with E-state index in [1.807, 2.05) is 60.1 Å². The van der Waals surface area contributed by atoms with Gasteiger partial charge in [-0.25, -0.2) is 9.78 Å². The third-order valence-corrected chi connectivity index (χ3v) is 5.55. The molecule has 2 fully saturated rings. The SMILES string of the molecule is Cc1ccc(N2CC3(COCCN(Cc4nccn4C)C3)OCC2=O)cc1.O=C(O)C(F)(F)F. The Kier molecular flexibility index (Phi) is 7.95. The first-order valence-corrected chi connectivity index (χ1v) is 10.6. The summed E-state index contributed by atoms with van der Waals surface area (Å²) in [6.07, 6.45) is -1.32. The van der Waals surface area contributed by atoms with E-state index >= 15 is 0 Å². The summed E-state index contributed by atoms with van der Waals surface area (Å²) in [5, 5.41) is 7.12. The number of rotatable bonds is 3. The van der Waals surface area contributed by atoms with Crippen LogP contribution in [-0.2, 0) is 32.7 Å². The number of carbonyl (C=O) groups excluding carboxylic acids is 1. The van der Waals surface area contributed by atoms with Gasteiger partial charge in [-0.1, -0.05) is 17.7 Å². The molecule has 1 aromatic carbocycles. The van der Waals surface area contributed by atoms with Crippen LogP contribution >= 0.6 is 0 Å². The van der Waals surface area contributed by atoms with Crippen molar-refractivity contribution in [3.05, 3.63) is 48.0 Å². The standard InChI is InChI=1S/C20H26N4O3.C2HF3O2/c1-16-3-5-17(6-4-16)24-14-20(27-12-19(24)25)13-23(9-10-26-15-20)11-18-21-7-8-22(18)2;3-2(4,5)1(6)7/h3-8H,9-15H2,1-2H3;(H,6,7). The molecular weight excluding hydrogens is 457 g/mol. The molecule has 0 radical (unpaired) electrons. The Morgan fingerprint density at radius 1 is 1.24 bits per heavy atom. The Bertz CT molecular complexity index is 995. The number of aliphatic carboxylic acids is 1. The molecule has 1 atom stereocenters. The van der Waals surface area contributed by atoms with E-state index in [0.717, 1.165) is 24.6 Å². The van der Waals surface area contributed by atoms with Crippen molar-refractivity contribution in [2.75, 3.05) is 44.4 Å². The predicted molar refractivity (Wildman–Crippen MR) is 115 cm³/mol. The fourth-order valence-electron chi connectivity index (χ4n) is 3.73. The number of carboxylic acids is 1. The lowest BCUT2D eigenvalue weighted by Crippen LogP contribution is -2.60. The van der Waals surface area contributed by atoms with Crippen LogP contribution in [0.2, 0.25) is 0 Å². The number of alkyl halides is 3. The van der Waals surface area contributed by atoms with Gasteiger partial charge in [0.25, 0.3) is 5.91 Å². The monoisotopic (exact) mass is 484 g/mol. The number of carbonyl (C=O) groups is 2. The lowest BCUT2D eigenvalue weighted by molar-refractivity contribution is -0.192. The van der Waals surface area contributed by atoms with Gasteiger partial charge in [0.05, 0.1) is 26.3 Å². The van der Waals surface area contributed by atoms with Gasteiger partial charge in [0.1, 0.15) is 18.0 Å². The number of nitrogens with zero attached hydrogens (tertiary/aromatic N) is 4. The average Bonchev–Trinajstić information content (AvgIpc) is 3.07. The maximum absolute atomic E-state index is 12.5. The van der Waals surface area contributed by atoms with Crippen LogP contribution in [0.25, 0.3) is 0 Å². The largest absolute Gasteiger partial charge is 0.490 e. The minimum absolute atomic E-state index is 0.00984. The number of carboxylic acid groups (broad SMARTS) is 1. The average molecular weight is 484 g/mol. The van der Waals surface area contributed by atoms with Gasteiger partial charge in [0.2, 0.25) is 0 Å². The summed E-state index contributed by atoms with van der Waals surface area (Å²) in [5.41, 5.74) is 1.56. The van der Waals surface area contributed by atoms with Crippen LogP contribution in [0, 0.1) is 6.92 Å². The molecule has 0 aliphatic carbocycles. The van der Waals surface area contributed by atoms with Crippen LogP contribution in [-0.4, -0.2) is 82.7 Å². The van der Waals surface area contributed by atoms with Crippen molar-refractivity contribution in [1.82, 2.24) is 14.5 Å². The van der Waals surface area contributed by atoms with Gasteiger partial charge < -0.3 is 24.0 Å². The Morgan fingerprint density at radius 2 is 1.91 bits per heavy atom. The molecular formula is C22H27F3N4O5. The third kappa shape index (κ3) is 6.55. The number of benzene rings is 1. The summed E-state index contributed by atoms with van der Waals surface area (Å²) < 4.78 is 45.7. The number of halogens is 3. The van der Waals surface area contributed by atoms with Crippen LogP contribution in [0.5, 0.6) is 0 Å². The summed E-state index contributed by atoms with van der Waals surface area (Å²) in [7, 11) is 2.00. The summed E-state index contributed by atoms with van der Waals surface area (Å²) in [6, 6.07) is 8.05. The minimum Gasteiger partial charge on any atom is -0.475 e. The van der Waals surface area contributed by atoms with Gasteiger partial charge in [0, 0.05) is 38.2 Å². The van der Waals surface area contributed by atoms with E-state index in [1.54, 1.807) is 0 Å². The van der Waals surface area contributed by atoms with Gasteiger partial charge in [-0.3, -0.25) is 9.69 Å². The molecule has 0 saturated carbocycles. The molecule has 1 aromatic heterocycles. The number of aromatic nitrogens is 2. The molecule has 186 valence electrons. The fourth-order valence-corrected chi connectivity index (χ4v) is 3.73. The molecule has 2 saturated heterocycles. The predicted octanol–water partition coefficient (Wildman–Crippen LogP) is 2.00. The van der Waals surface area contributed by atoms with Crippen molar-refractivity contribution in [1.29, 1.82) is 0 Å². The molecule has 3 heterocycles. The quantitative estimate of drug-likeness (QED) is 0.712. The number of amides is 1. The smallest absolute Gasteiger partial charge is 0.475 e. The first kappa shape index (κ1) is 25.7. The number of aryl methyl sites for hydroxylation is 2. The second-order valence-corrected chi connectivity index (χ2v) is 8.31. The van der Waals surface area contributed by atoms with Crippen LogP contribution in [0.1, 0.15) is 11.4 Å². The summed E-state index contributed by atoms with van der Waals surface area (Å²) in [4.78, 5) is 30.0. The maximum Gasteiger partial charge on any atom is 0.490 e. The van der Waals surface area contributed by atoms with Crippen molar-refractivity contribution in [2.45, 2.75) is 25.2 Å². The normalized spacial score (nSPS) is 21.7.